The van der Waals surface area contributed by atoms with Crippen molar-refractivity contribution >= 4 is 21.6 Å². The van der Waals surface area contributed by atoms with Crippen LogP contribution >= 0.6 is 0 Å². The zero-order chi connectivity index (χ0) is 24.1. The molecule has 1 aliphatic heterocycles. The van der Waals surface area contributed by atoms with Crippen molar-refractivity contribution in [3.05, 3.63) is 53.9 Å². The quantitative estimate of drug-likeness (QED) is 0.540. The topological polar surface area (TPSA) is 115 Å². The van der Waals surface area contributed by atoms with Gasteiger partial charge in [0, 0.05) is 31.3 Å². The summed E-state index contributed by atoms with van der Waals surface area (Å²) in [4.78, 5) is 16.9. The summed E-state index contributed by atoms with van der Waals surface area (Å²) < 4.78 is 38.6. The number of hydrogen-bond acceptors (Lipinski definition) is 7. The Balaban J connectivity index is 1.42. The highest BCUT2D eigenvalue weighted by Gasteiger charge is 2.27. The van der Waals surface area contributed by atoms with Gasteiger partial charge < -0.3 is 14.6 Å². The number of carbonyl (C=O) groups excluding carboxylic acids is 1. The predicted octanol–water partition coefficient (Wildman–Crippen LogP) is 3.94. The van der Waals surface area contributed by atoms with Crippen molar-refractivity contribution < 1.29 is 22.5 Å². The molecule has 1 amide bonds. The molecule has 1 aliphatic rings. The minimum Gasteiger partial charge on any atom is -0.484 e. The van der Waals surface area contributed by atoms with Gasteiger partial charge in [-0.3, -0.25) is 4.79 Å². The average molecular weight is 485 g/mol. The molecule has 4 rings (SSSR count). The number of carbonyl (C=O) groups is 1. The summed E-state index contributed by atoms with van der Waals surface area (Å²) in [6, 6.07) is 11.9. The molecule has 9 nitrogen and oxygen atoms in total. The summed E-state index contributed by atoms with van der Waals surface area (Å²) in [5.41, 5.74) is 1.76. The maximum Gasteiger partial charge on any atom is 0.262 e. The van der Waals surface area contributed by atoms with Crippen LogP contribution in [0.2, 0.25) is 0 Å². The Morgan fingerprint density at radius 1 is 1.09 bits per heavy atom. The maximum atomic E-state index is 13.2. The van der Waals surface area contributed by atoms with E-state index in [-0.39, 0.29) is 11.5 Å². The number of hydrogen-bond donors (Lipinski definition) is 1. The Labute approximate surface area is 199 Å². The lowest BCUT2D eigenvalue weighted by Crippen LogP contribution is -2.32. The summed E-state index contributed by atoms with van der Waals surface area (Å²) in [5.74, 6) is 0.965. The van der Waals surface area contributed by atoms with E-state index in [0.717, 1.165) is 25.7 Å². The molecule has 2 aromatic carbocycles. The molecule has 0 unspecified atom stereocenters. The second-order valence-electron chi connectivity index (χ2n) is 8.30. The third kappa shape index (κ3) is 5.63. The monoisotopic (exact) mass is 484 g/mol. The third-order valence-electron chi connectivity index (χ3n) is 5.64. The average Bonchev–Trinajstić information content (AvgIpc) is 3.07. The molecule has 180 valence electrons. The number of nitrogens with zero attached hydrogens (tertiary/aromatic N) is 3. The van der Waals surface area contributed by atoms with Crippen molar-refractivity contribution in [3.8, 4) is 17.1 Å². The van der Waals surface area contributed by atoms with Crippen LogP contribution in [0.4, 0.5) is 5.69 Å². The minimum absolute atomic E-state index is 0.219. The van der Waals surface area contributed by atoms with Crippen LogP contribution in [0.5, 0.6) is 5.75 Å². The first-order valence-electron chi connectivity index (χ1n) is 11.3. The smallest absolute Gasteiger partial charge is 0.262 e. The van der Waals surface area contributed by atoms with E-state index in [1.807, 2.05) is 6.07 Å². The molecular formula is C24H28N4O5S. The second kappa shape index (κ2) is 10.4. The Morgan fingerprint density at radius 2 is 1.85 bits per heavy atom. The van der Waals surface area contributed by atoms with E-state index in [0.29, 0.717) is 47.4 Å². The van der Waals surface area contributed by atoms with Gasteiger partial charge in [0.05, 0.1) is 4.90 Å². The molecule has 3 aromatic rings. The van der Waals surface area contributed by atoms with Gasteiger partial charge in [-0.05, 0) is 49.6 Å². The Morgan fingerprint density at radius 3 is 2.56 bits per heavy atom. The molecule has 0 spiro atoms. The number of ether oxygens (including phenoxy) is 1. The van der Waals surface area contributed by atoms with E-state index in [9.17, 15) is 13.2 Å². The van der Waals surface area contributed by atoms with Gasteiger partial charge in [-0.2, -0.15) is 9.29 Å². The van der Waals surface area contributed by atoms with Crippen LogP contribution in [0.1, 0.15) is 37.1 Å². The van der Waals surface area contributed by atoms with Gasteiger partial charge in [0.15, 0.2) is 6.61 Å². The normalized spacial score (nSPS) is 15.0. The van der Waals surface area contributed by atoms with Crippen LogP contribution in [0.3, 0.4) is 0 Å². The highest BCUT2D eigenvalue weighted by molar-refractivity contribution is 7.89. The van der Waals surface area contributed by atoms with Crippen molar-refractivity contribution in [1.82, 2.24) is 14.4 Å². The first kappa shape index (κ1) is 23.9. The third-order valence-corrected chi connectivity index (χ3v) is 7.69. The van der Waals surface area contributed by atoms with Crippen LogP contribution in [0.25, 0.3) is 11.4 Å². The SMILES string of the molecule is Cc1nc(-c2cccc(OCC(=O)Nc3ccc(C)c(S(=O)(=O)N4CCCCCC4)c3)c2)no1. The first-order chi connectivity index (χ1) is 16.3. The number of rotatable bonds is 7. The number of benzene rings is 2. The lowest BCUT2D eigenvalue weighted by molar-refractivity contribution is -0.118. The first-order valence-corrected chi connectivity index (χ1v) is 12.7. The van der Waals surface area contributed by atoms with E-state index < -0.39 is 15.9 Å². The number of aryl methyl sites for hydroxylation is 2. The second-order valence-corrected chi connectivity index (χ2v) is 10.2. The molecule has 34 heavy (non-hydrogen) atoms. The number of aromatic nitrogens is 2. The van der Waals surface area contributed by atoms with E-state index in [4.69, 9.17) is 9.26 Å². The van der Waals surface area contributed by atoms with Gasteiger partial charge >= 0.3 is 0 Å². The zero-order valence-electron chi connectivity index (χ0n) is 19.3. The van der Waals surface area contributed by atoms with E-state index in [1.165, 1.54) is 6.07 Å². The molecule has 1 aromatic heterocycles. The summed E-state index contributed by atoms with van der Waals surface area (Å²) in [7, 11) is -3.63. The van der Waals surface area contributed by atoms with Crippen LogP contribution in [0.15, 0.2) is 51.9 Å². The number of sulfonamides is 1. The van der Waals surface area contributed by atoms with Crippen LogP contribution in [0, 0.1) is 13.8 Å². The molecular weight excluding hydrogens is 456 g/mol. The van der Waals surface area contributed by atoms with Crippen molar-refractivity contribution in [2.75, 3.05) is 25.0 Å². The minimum atomic E-state index is -3.63. The number of anilines is 1. The van der Waals surface area contributed by atoms with Crippen molar-refractivity contribution in [2.45, 2.75) is 44.4 Å². The molecule has 0 saturated carbocycles. The van der Waals surface area contributed by atoms with Gasteiger partial charge in [-0.25, -0.2) is 8.42 Å². The molecule has 0 aliphatic carbocycles. The summed E-state index contributed by atoms with van der Waals surface area (Å²) in [5, 5.41) is 6.61. The Bertz CT molecular complexity index is 1260. The predicted molar refractivity (Wildman–Crippen MR) is 127 cm³/mol. The summed E-state index contributed by atoms with van der Waals surface area (Å²) >= 11 is 0. The molecule has 0 radical (unpaired) electrons. The molecule has 0 bridgehead atoms. The molecule has 1 fully saturated rings. The molecule has 2 heterocycles. The fraction of sp³-hybridized carbons (Fsp3) is 0.375. The van der Waals surface area contributed by atoms with Crippen LogP contribution < -0.4 is 10.1 Å². The van der Waals surface area contributed by atoms with Gasteiger partial charge in [-0.1, -0.05) is 36.2 Å². The van der Waals surface area contributed by atoms with Gasteiger partial charge in [0.2, 0.25) is 21.7 Å². The van der Waals surface area contributed by atoms with Gasteiger partial charge in [0.25, 0.3) is 5.91 Å². The molecule has 0 atom stereocenters. The summed E-state index contributed by atoms with van der Waals surface area (Å²) in [6.45, 7) is 4.27. The highest BCUT2D eigenvalue weighted by atomic mass is 32.2. The van der Waals surface area contributed by atoms with Gasteiger partial charge in [0.1, 0.15) is 5.75 Å². The Kier molecular flexibility index (Phi) is 7.28. The zero-order valence-corrected chi connectivity index (χ0v) is 20.1. The molecule has 1 saturated heterocycles. The fourth-order valence-electron chi connectivity index (χ4n) is 3.86. The van der Waals surface area contributed by atoms with Crippen molar-refractivity contribution in [1.29, 1.82) is 0 Å². The van der Waals surface area contributed by atoms with E-state index in [1.54, 1.807) is 48.5 Å². The molecule has 1 N–H and O–H groups in total. The van der Waals surface area contributed by atoms with Gasteiger partial charge in [-0.15, -0.1) is 0 Å². The fourth-order valence-corrected chi connectivity index (χ4v) is 5.63. The molecule has 10 heteroatoms. The largest absolute Gasteiger partial charge is 0.484 e. The lowest BCUT2D eigenvalue weighted by Gasteiger charge is -2.21. The Hall–Kier alpha value is -3.24. The standard InChI is InChI=1S/C24H28N4O5S/c1-17-10-11-20(15-22(17)34(30,31)28-12-5-3-4-6-13-28)26-23(29)16-32-21-9-7-8-19(14-21)24-25-18(2)33-27-24/h7-11,14-15H,3-6,12-13,16H2,1-2H3,(H,26,29). The van der Waals surface area contributed by atoms with E-state index in [2.05, 4.69) is 15.5 Å². The summed E-state index contributed by atoms with van der Waals surface area (Å²) in [6.07, 6.45) is 3.80. The van der Waals surface area contributed by atoms with Crippen LogP contribution in [-0.4, -0.2) is 48.5 Å². The van der Waals surface area contributed by atoms with E-state index >= 15 is 0 Å². The maximum absolute atomic E-state index is 13.2. The number of nitrogens with one attached hydrogen (secondary N) is 1. The lowest BCUT2D eigenvalue weighted by atomic mass is 10.2. The van der Waals surface area contributed by atoms with Crippen LogP contribution in [-0.2, 0) is 14.8 Å². The highest BCUT2D eigenvalue weighted by Crippen LogP contribution is 2.26. The number of amides is 1. The van der Waals surface area contributed by atoms with Crippen molar-refractivity contribution in [3.63, 3.8) is 0 Å². The van der Waals surface area contributed by atoms with Crippen molar-refractivity contribution in [2.24, 2.45) is 0 Å².